The first-order valence-electron chi connectivity index (χ1n) is 8.09. The third kappa shape index (κ3) is 4.62. The lowest BCUT2D eigenvalue weighted by Crippen LogP contribution is -2.48. The summed E-state index contributed by atoms with van der Waals surface area (Å²) in [6.07, 6.45) is 2.72. The molecule has 0 radical (unpaired) electrons. The highest BCUT2D eigenvalue weighted by molar-refractivity contribution is 5.81. The fourth-order valence-corrected chi connectivity index (χ4v) is 3.04. The van der Waals surface area contributed by atoms with Crippen LogP contribution >= 0.6 is 0 Å². The van der Waals surface area contributed by atoms with Crippen molar-refractivity contribution in [1.82, 2.24) is 10.2 Å². The highest BCUT2D eigenvalue weighted by atomic mass is 19.1. The second-order valence-electron chi connectivity index (χ2n) is 6.08. The number of hydrogen-bond donors (Lipinski definition) is 2. The van der Waals surface area contributed by atoms with Gasteiger partial charge in [0.25, 0.3) is 0 Å². The second kappa shape index (κ2) is 8.22. The zero-order chi connectivity index (χ0) is 16.8. The van der Waals surface area contributed by atoms with E-state index in [1.807, 2.05) is 6.92 Å². The van der Waals surface area contributed by atoms with E-state index in [2.05, 4.69) is 16.8 Å². The molecule has 1 fully saturated rings. The van der Waals surface area contributed by atoms with E-state index in [1.54, 1.807) is 18.2 Å². The molecule has 0 saturated carbocycles. The molecule has 1 aromatic carbocycles. The van der Waals surface area contributed by atoms with Gasteiger partial charge in [0.2, 0.25) is 5.91 Å². The van der Waals surface area contributed by atoms with Gasteiger partial charge in [-0.15, -0.1) is 6.58 Å². The first-order valence-corrected chi connectivity index (χ1v) is 8.09. The quantitative estimate of drug-likeness (QED) is 0.791. The van der Waals surface area contributed by atoms with Gasteiger partial charge < -0.3 is 10.4 Å². The molecule has 0 spiro atoms. The number of carbonyl (C=O) groups excluding carboxylic acids is 1. The molecular formula is C18H25FN2O2. The van der Waals surface area contributed by atoms with Crippen molar-refractivity contribution >= 4 is 5.91 Å². The number of aliphatic hydroxyl groups excluding tert-OH is 1. The van der Waals surface area contributed by atoms with Crippen LogP contribution in [0.5, 0.6) is 0 Å². The summed E-state index contributed by atoms with van der Waals surface area (Å²) in [4.78, 5) is 14.1. The van der Waals surface area contributed by atoms with Crippen LogP contribution in [-0.2, 0) is 4.79 Å². The summed E-state index contributed by atoms with van der Waals surface area (Å²) in [5.74, 6) is -0.155. The van der Waals surface area contributed by atoms with Crippen LogP contribution in [-0.4, -0.2) is 41.6 Å². The molecule has 1 aliphatic heterocycles. The number of aliphatic hydroxyl groups is 1. The Morgan fingerprint density at radius 1 is 1.43 bits per heavy atom. The van der Waals surface area contributed by atoms with E-state index in [1.165, 1.54) is 12.1 Å². The van der Waals surface area contributed by atoms with Gasteiger partial charge in [0, 0.05) is 6.54 Å². The topological polar surface area (TPSA) is 52.6 Å². The SMILES string of the molecule is C=CCNC(=O)C(C)N1CCC(C(O)c2ccc(F)cc2)CC1. The second-order valence-corrected chi connectivity index (χ2v) is 6.08. The van der Waals surface area contributed by atoms with Gasteiger partial charge in [-0.05, 0) is 56.5 Å². The van der Waals surface area contributed by atoms with Gasteiger partial charge in [-0.3, -0.25) is 9.69 Å². The highest BCUT2D eigenvalue weighted by Crippen LogP contribution is 2.31. The molecule has 5 heteroatoms. The molecular weight excluding hydrogens is 295 g/mol. The number of amides is 1. The molecule has 1 aliphatic rings. The molecule has 1 amide bonds. The van der Waals surface area contributed by atoms with Crippen LogP contribution in [0.25, 0.3) is 0 Å². The lowest BCUT2D eigenvalue weighted by atomic mass is 9.87. The van der Waals surface area contributed by atoms with Crippen molar-refractivity contribution in [2.75, 3.05) is 19.6 Å². The van der Waals surface area contributed by atoms with E-state index < -0.39 is 6.10 Å². The number of hydrogen-bond acceptors (Lipinski definition) is 3. The lowest BCUT2D eigenvalue weighted by Gasteiger charge is -2.37. The van der Waals surface area contributed by atoms with E-state index in [4.69, 9.17) is 0 Å². The minimum Gasteiger partial charge on any atom is -0.388 e. The van der Waals surface area contributed by atoms with Crippen molar-refractivity contribution in [1.29, 1.82) is 0 Å². The Morgan fingerprint density at radius 3 is 2.61 bits per heavy atom. The summed E-state index contributed by atoms with van der Waals surface area (Å²) in [5, 5.41) is 13.3. The van der Waals surface area contributed by atoms with Crippen LogP contribution in [0.15, 0.2) is 36.9 Å². The van der Waals surface area contributed by atoms with Crippen molar-refractivity contribution in [3.05, 3.63) is 48.3 Å². The number of benzene rings is 1. The Kier molecular flexibility index (Phi) is 6.30. The average Bonchev–Trinajstić information content (AvgIpc) is 2.59. The minimum atomic E-state index is -0.581. The Bertz CT molecular complexity index is 524. The Hall–Kier alpha value is -1.72. The van der Waals surface area contributed by atoms with Gasteiger partial charge in [-0.25, -0.2) is 4.39 Å². The summed E-state index contributed by atoms with van der Waals surface area (Å²) in [6.45, 7) is 7.50. The number of likely N-dealkylation sites (tertiary alicyclic amines) is 1. The molecule has 2 N–H and O–H groups in total. The van der Waals surface area contributed by atoms with Crippen LogP contribution in [0.2, 0.25) is 0 Å². The standard InChI is InChI=1S/C18H25FN2O2/c1-3-10-20-18(23)13(2)21-11-8-15(9-12-21)17(22)14-4-6-16(19)7-5-14/h3-7,13,15,17,22H,1,8-12H2,2H3,(H,20,23). The summed E-state index contributed by atoms with van der Waals surface area (Å²) >= 11 is 0. The fourth-order valence-electron chi connectivity index (χ4n) is 3.04. The maximum atomic E-state index is 13.0. The summed E-state index contributed by atoms with van der Waals surface area (Å²) < 4.78 is 13.0. The third-order valence-corrected chi connectivity index (χ3v) is 4.58. The van der Waals surface area contributed by atoms with Crippen LogP contribution in [0.1, 0.15) is 31.4 Å². The lowest BCUT2D eigenvalue weighted by molar-refractivity contribution is -0.126. The first kappa shape index (κ1) is 17.6. The van der Waals surface area contributed by atoms with Gasteiger partial charge in [0.1, 0.15) is 5.82 Å². The fraction of sp³-hybridized carbons (Fsp3) is 0.500. The van der Waals surface area contributed by atoms with Gasteiger partial charge in [0.15, 0.2) is 0 Å². The average molecular weight is 320 g/mol. The van der Waals surface area contributed by atoms with Crippen LogP contribution in [0.4, 0.5) is 4.39 Å². The molecule has 2 atom stereocenters. The smallest absolute Gasteiger partial charge is 0.237 e. The number of rotatable bonds is 6. The van der Waals surface area contributed by atoms with Crippen molar-refractivity contribution in [3.63, 3.8) is 0 Å². The minimum absolute atomic E-state index is 0.00225. The van der Waals surface area contributed by atoms with Crippen LogP contribution in [0, 0.1) is 11.7 Å². The Labute approximate surface area is 137 Å². The summed E-state index contributed by atoms with van der Waals surface area (Å²) in [5.41, 5.74) is 0.752. The predicted octanol–water partition coefficient (Wildman–Crippen LogP) is 2.26. The molecule has 2 rings (SSSR count). The van der Waals surface area contributed by atoms with Crippen LogP contribution < -0.4 is 5.32 Å². The molecule has 4 nitrogen and oxygen atoms in total. The molecule has 0 aliphatic carbocycles. The number of nitrogens with one attached hydrogen (secondary N) is 1. The van der Waals surface area contributed by atoms with Crippen molar-refractivity contribution in [3.8, 4) is 0 Å². The Morgan fingerprint density at radius 2 is 2.04 bits per heavy atom. The van der Waals surface area contributed by atoms with E-state index in [0.29, 0.717) is 6.54 Å². The summed E-state index contributed by atoms with van der Waals surface area (Å²) in [6, 6.07) is 5.84. The first-order chi connectivity index (χ1) is 11.0. The van der Waals surface area contributed by atoms with E-state index >= 15 is 0 Å². The van der Waals surface area contributed by atoms with Gasteiger partial charge in [-0.1, -0.05) is 18.2 Å². The van der Waals surface area contributed by atoms with E-state index in [0.717, 1.165) is 31.5 Å². The number of halogens is 1. The van der Waals surface area contributed by atoms with E-state index in [9.17, 15) is 14.3 Å². The third-order valence-electron chi connectivity index (χ3n) is 4.58. The van der Waals surface area contributed by atoms with Crippen molar-refractivity contribution < 1.29 is 14.3 Å². The number of piperidine rings is 1. The maximum absolute atomic E-state index is 13.0. The van der Waals surface area contributed by atoms with E-state index in [-0.39, 0.29) is 23.7 Å². The normalized spacial score (nSPS) is 19.1. The molecule has 1 saturated heterocycles. The molecule has 0 aromatic heterocycles. The number of nitrogens with zero attached hydrogens (tertiary/aromatic N) is 1. The van der Waals surface area contributed by atoms with Gasteiger partial charge in [0.05, 0.1) is 12.1 Å². The summed E-state index contributed by atoms with van der Waals surface area (Å²) in [7, 11) is 0. The largest absolute Gasteiger partial charge is 0.388 e. The zero-order valence-corrected chi connectivity index (χ0v) is 13.5. The van der Waals surface area contributed by atoms with Crippen molar-refractivity contribution in [2.45, 2.75) is 31.9 Å². The van der Waals surface area contributed by atoms with Crippen molar-refractivity contribution in [2.24, 2.45) is 5.92 Å². The predicted molar refractivity (Wildman–Crippen MR) is 88.3 cm³/mol. The Balaban J connectivity index is 1.86. The van der Waals surface area contributed by atoms with Crippen LogP contribution in [0.3, 0.4) is 0 Å². The maximum Gasteiger partial charge on any atom is 0.237 e. The zero-order valence-electron chi connectivity index (χ0n) is 13.5. The molecule has 126 valence electrons. The molecule has 2 unspecified atom stereocenters. The molecule has 1 heterocycles. The van der Waals surface area contributed by atoms with Gasteiger partial charge >= 0.3 is 0 Å². The molecule has 0 bridgehead atoms. The monoisotopic (exact) mass is 320 g/mol. The van der Waals surface area contributed by atoms with Gasteiger partial charge in [-0.2, -0.15) is 0 Å². The number of carbonyl (C=O) groups is 1. The highest BCUT2D eigenvalue weighted by Gasteiger charge is 2.30. The molecule has 23 heavy (non-hydrogen) atoms. The molecule has 1 aromatic rings.